The van der Waals surface area contributed by atoms with Gasteiger partial charge in [-0.1, -0.05) is 19.6 Å². The van der Waals surface area contributed by atoms with Crippen LogP contribution in [0.25, 0.3) is 0 Å². The summed E-state index contributed by atoms with van der Waals surface area (Å²) in [5, 5.41) is 38.3. The summed E-state index contributed by atoms with van der Waals surface area (Å²) in [6.07, 6.45) is -3.19. The van der Waals surface area contributed by atoms with Crippen LogP contribution in [0.2, 0.25) is 19.6 Å². The normalized spacial score (nSPS) is 18.1. The first-order valence-electron chi connectivity index (χ1n) is 6.94. The summed E-state index contributed by atoms with van der Waals surface area (Å²) in [4.78, 5) is 14.9. The smallest absolute Gasteiger partial charge is 0.147 e. The van der Waals surface area contributed by atoms with Gasteiger partial charge >= 0.3 is 0 Å². The number of hydrogen-bond acceptors (Lipinski definition) is 7. The molecule has 0 spiro atoms. The Morgan fingerprint density at radius 3 is 2.32 bits per heavy atom. The predicted octanol–water partition coefficient (Wildman–Crippen LogP) is -1.11. The van der Waals surface area contributed by atoms with Crippen LogP contribution in [0.15, 0.2) is 21.5 Å². The molecule has 4 N–H and O–H groups in total. The maximum absolute atomic E-state index is 11.0. The van der Waals surface area contributed by atoms with Gasteiger partial charge in [0, 0.05) is 0 Å². The highest BCUT2D eigenvalue weighted by Crippen LogP contribution is 2.09. The zero-order valence-corrected chi connectivity index (χ0v) is 13.9. The summed E-state index contributed by atoms with van der Waals surface area (Å²) in [6, 6.07) is 2.30. The van der Waals surface area contributed by atoms with Crippen molar-refractivity contribution in [2.24, 2.45) is 4.99 Å². The molecular formula is C14H23NO6Si. The molecule has 1 rings (SSSR count). The SMILES string of the molecule is C[Si](C)(C)c1ccc(C=N[C@@H](C=O)[C@@H](O)[C@H](O)[C@H](O)CO)o1. The van der Waals surface area contributed by atoms with Crippen LogP contribution < -0.4 is 5.38 Å². The third-order valence-corrected chi connectivity index (χ3v) is 4.91. The number of hydrogen-bond donors (Lipinski definition) is 4. The second kappa shape index (κ2) is 7.79. The third kappa shape index (κ3) is 4.85. The van der Waals surface area contributed by atoms with Crippen LogP contribution in [-0.2, 0) is 4.79 Å². The zero-order chi connectivity index (χ0) is 16.9. The molecule has 0 aliphatic heterocycles. The van der Waals surface area contributed by atoms with Crippen LogP contribution in [-0.4, -0.2) is 72.0 Å². The van der Waals surface area contributed by atoms with Gasteiger partial charge in [0.05, 0.1) is 18.2 Å². The molecule has 8 heteroatoms. The first kappa shape index (κ1) is 18.7. The van der Waals surface area contributed by atoms with Gasteiger partial charge in [0.2, 0.25) is 0 Å². The Bertz CT molecular complexity index is 510. The fourth-order valence-corrected chi connectivity index (χ4v) is 2.73. The first-order valence-corrected chi connectivity index (χ1v) is 10.4. The minimum absolute atomic E-state index is 0.358. The van der Waals surface area contributed by atoms with Crippen molar-refractivity contribution in [1.29, 1.82) is 0 Å². The number of furan rings is 1. The highest BCUT2D eigenvalue weighted by atomic mass is 28.3. The summed E-state index contributed by atoms with van der Waals surface area (Å²) in [5.74, 6) is 0.439. The Kier molecular flexibility index (Phi) is 6.63. The second-order valence-electron chi connectivity index (χ2n) is 6.09. The second-order valence-corrected chi connectivity index (χ2v) is 11.1. The molecule has 0 unspecified atom stereocenters. The van der Waals surface area contributed by atoms with E-state index >= 15 is 0 Å². The van der Waals surface area contributed by atoms with Gasteiger partial charge < -0.3 is 29.6 Å². The topological polar surface area (TPSA) is 123 Å². The standard InChI is InChI=1S/C14H23NO6Si/c1-22(2,3)12-5-4-9(21-12)6-15-10(7-16)13(19)14(20)11(18)8-17/h4-7,10-11,13-14,17-20H,8H2,1-3H3/t10-,11+,13+,14+/m0/s1. The number of carbonyl (C=O) groups is 1. The Labute approximate surface area is 129 Å². The van der Waals surface area contributed by atoms with E-state index < -0.39 is 39.0 Å². The third-order valence-electron chi connectivity index (χ3n) is 3.16. The van der Waals surface area contributed by atoms with E-state index in [2.05, 4.69) is 24.6 Å². The number of nitrogens with zero attached hydrogens (tertiary/aromatic N) is 1. The highest BCUT2D eigenvalue weighted by molar-refractivity contribution is 6.87. The molecule has 1 aromatic heterocycles. The fraction of sp³-hybridized carbons (Fsp3) is 0.571. The van der Waals surface area contributed by atoms with Crippen LogP contribution >= 0.6 is 0 Å². The van der Waals surface area contributed by atoms with E-state index in [4.69, 9.17) is 9.52 Å². The van der Waals surface area contributed by atoms with E-state index in [0.717, 1.165) is 5.38 Å². The number of rotatable bonds is 8. The molecule has 0 saturated heterocycles. The van der Waals surface area contributed by atoms with Gasteiger partial charge in [-0.2, -0.15) is 0 Å². The lowest BCUT2D eigenvalue weighted by Crippen LogP contribution is -2.45. The number of aliphatic imine (C=N–C) groups is 1. The van der Waals surface area contributed by atoms with E-state index in [1.54, 1.807) is 6.07 Å². The van der Waals surface area contributed by atoms with Gasteiger partial charge in [0.25, 0.3) is 0 Å². The lowest BCUT2D eigenvalue weighted by molar-refractivity contribution is -0.118. The largest absolute Gasteiger partial charge is 0.465 e. The average Bonchev–Trinajstić information content (AvgIpc) is 2.95. The Morgan fingerprint density at radius 2 is 1.86 bits per heavy atom. The van der Waals surface area contributed by atoms with Crippen molar-refractivity contribution in [3.8, 4) is 0 Å². The fourth-order valence-electron chi connectivity index (χ4n) is 1.73. The van der Waals surface area contributed by atoms with Gasteiger partial charge in [0.1, 0.15) is 44.5 Å². The predicted molar refractivity (Wildman–Crippen MR) is 84.2 cm³/mol. The number of aldehydes is 1. The number of carbonyl (C=O) groups excluding carboxylic acids is 1. The van der Waals surface area contributed by atoms with E-state index in [-0.39, 0.29) is 0 Å². The van der Waals surface area contributed by atoms with Crippen LogP contribution in [0.4, 0.5) is 0 Å². The maximum Gasteiger partial charge on any atom is 0.147 e. The lowest BCUT2D eigenvalue weighted by Gasteiger charge is -2.23. The maximum atomic E-state index is 11.0. The molecule has 0 aliphatic carbocycles. The average molecular weight is 329 g/mol. The number of aliphatic hydroxyl groups excluding tert-OH is 4. The molecule has 22 heavy (non-hydrogen) atoms. The summed E-state index contributed by atoms with van der Waals surface area (Å²) in [6.45, 7) is 5.64. The van der Waals surface area contributed by atoms with Gasteiger partial charge in [-0.25, -0.2) is 0 Å². The molecule has 0 fully saturated rings. The van der Waals surface area contributed by atoms with Gasteiger partial charge in [-0.15, -0.1) is 0 Å². The molecule has 1 aromatic rings. The van der Waals surface area contributed by atoms with Crippen molar-refractivity contribution in [3.05, 3.63) is 17.9 Å². The van der Waals surface area contributed by atoms with Gasteiger partial charge in [-0.05, 0) is 12.1 Å². The molecule has 0 aliphatic rings. The van der Waals surface area contributed by atoms with Crippen LogP contribution in [0, 0.1) is 0 Å². The van der Waals surface area contributed by atoms with E-state index in [0.29, 0.717) is 12.0 Å². The Morgan fingerprint density at radius 1 is 1.23 bits per heavy atom. The minimum atomic E-state index is -1.67. The molecular weight excluding hydrogens is 306 g/mol. The highest BCUT2D eigenvalue weighted by Gasteiger charge is 2.30. The summed E-state index contributed by atoms with van der Waals surface area (Å²) < 4.78 is 5.61. The van der Waals surface area contributed by atoms with E-state index in [9.17, 15) is 20.1 Å². The van der Waals surface area contributed by atoms with Crippen LogP contribution in [0.3, 0.4) is 0 Å². The van der Waals surface area contributed by atoms with Crippen molar-refractivity contribution in [2.75, 3.05) is 6.61 Å². The summed E-state index contributed by atoms with van der Waals surface area (Å²) in [7, 11) is -1.58. The van der Waals surface area contributed by atoms with Crippen LogP contribution in [0.5, 0.6) is 0 Å². The lowest BCUT2D eigenvalue weighted by atomic mass is 10.0. The van der Waals surface area contributed by atoms with Crippen LogP contribution in [0.1, 0.15) is 5.76 Å². The van der Waals surface area contributed by atoms with Crippen molar-refractivity contribution in [2.45, 2.75) is 44.0 Å². The molecule has 4 atom stereocenters. The monoisotopic (exact) mass is 329 g/mol. The quantitative estimate of drug-likeness (QED) is 0.272. The van der Waals surface area contributed by atoms with Gasteiger partial charge in [0.15, 0.2) is 0 Å². The van der Waals surface area contributed by atoms with Crippen molar-refractivity contribution < 1.29 is 29.6 Å². The zero-order valence-electron chi connectivity index (χ0n) is 12.9. The Hall–Kier alpha value is -1.32. The molecule has 0 bridgehead atoms. The molecule has 0 radical (unpaired) electrons. The summed E-state index contributed by atoms with van der Waals surface area (Å²) >= 11 is 0. The molecule has 124 valence electrons. The Balaban J connectivity index is 2.81. The first-order chi connectivity index (χ1) is 10.2. The van der Waals surface area contributed by atoms with E-state index in [1.165, 1.54) is 6.21 Å². The molecule has 0 aromatic carbocycles. The van der Waals surface area contributed by atoms with Gasteiger partial charge in [-0.3, -0.25) is 4.99 Å². The van der Waals surface area contributed by atoms with Crippen molar-refractivity contribution in [1.82, 2.24) is 0 Å². The number of aliphatic hydroxyl groups is 4. The molecule has 7 nitrogen and oxygen atoms in total. The van der Waals surface area contributed by atoms with Crippen molar-refractivity contribution >= 4 is 26.0 Å². The molecule has 0 saturated carbocycles. The molecule has 1 heterocycles. The summed E-state index contributed by atoms with van der Waals surface area (Å²) in [5.41, 5.74) is 0. The minimum Gasteiger partial charge on any atom is -0.465 e. The van der Waals surface area contributed by atoms with Crippen molar-refractivity contribution in [3.63, 3.8) is 0 Å². The van der Waals surface area contributed by atoms with E-state index in [1.807, 2.05) is 6.07 Å². The molecule has 0 amide bonds.